The molecule has 100 valence electrons. The number of hydrogen-bond acceptors (Lipinski definition) is 2. The number of fused-ring (bicyclic) bond motifs is 1. The lowest BCUT2D eigenvalue weighted by Crippen LogP contribution is -1.95. The van der Waals surface area contributed by atoms with Gasteiger partial charge in [-0.05, 0) is 43.7 Å². The Bertz CT molecular complexity index is 781. The Balaban J connectivity index is 2.14. The molecule has 1 heterocycles. The van der Waals surface area contributed by atoms with E-state index >= 15 is 0 Å². The van der Waals surface area contributed by atoms with Crippen LogP contribution >= 0.6 is 15.9 Å². The molecule has 20 heavy (non-hydrogen) atoms. The van der Waals surface area contributed by atoms with E-state index in [9.17, 15) is 0 Å². The van der Waals surface area contributed by atoms with Crippen molar-refractivity contribution in [2.75, 3.05) is 5.32 Å². The lowest BCUT2D eigenvalue weighted by atomic mass is 10.1. The molecule has 3 aromatic rings. The molecule has 2 nitrogen and oxygen atoms in total. The molecule has 2 aromatic carbocycles. The summed E-state index contributed by atoms with van der Waals surface area (Å²) in [5.41, 5.74) is 5.43. The van der Waals surface area contributed by atoms with Gasteiger partial charge in [0.05, 0.1) is 5.52 Å². The van der Waals surface area contributed by atoms with E-state index in [2.05, 4.69) is 69.6 Å². The summed E-state index contributed by atoms with van der Waals surface area (Å²) in [4.78, 5) is 4.65. The number of benzene rings is 2. The number of rotatable bonds is 2. The SMILES string of the molecule is Cc1cc(Nc2cccc(Br)c2)c2cccc(C)c2n1. The van der Waals surface area contributed by atoms with Crippen molar-refractivity contribution < 1.29 is 0 Å². The Morgan fingerprint density at radius 3 is 2.60 bits per heavy atom. The minimum absolute atomic E-state index is 1.02. The highest BCUT2D eigenvalue weighted by Crippen LogP contribution is 2.28. The second kappa shape index (κ2) is 5.25. The van der Waals surface area contributed by atoms with Crippen LogP contribution in [0.15, 0.2) is 53.0 Å². The molecule has 1 aromatic heterocycles. The van der Waals surface area contributed by atoms with Crippen molar-refractivity contribution in [2.45, 2.75) is 13.8 Å². The fraction of sp³-hybridized carbons (Fsp3) is 0.118. The first-order chi connectivity index (χ1) is 9.63. The molecule has 0 aliphatic carbocycles. The zero-order valence-electron chi connectivity index (χ0n) is 11.4. The van der Waals surface area contributed by atoms with Gasteiger partial charge in [0.25, 0.3) is 0 Å². The van der Waals surface area contributed by atoms with Crippen LogP contribution in [0.25, 0.3) is 10.9 Å². The molecule has 0 bridgehead atoms. The van der Waals surface area contributed by atoms with Crippen molar-refractivity contribution >= 4 is 38.2 Å². The highest BCUT2D eigenvalue weighted by atomic mass is 79.9. The van der Waals surface area contributed by atoms with Gasteiger partial charge in [-0.1, -0.05) is 40.2 Å². The third kappa shape index (κ3) is 2.54. The van der Waals surface area contributed by atoms with Gasteiger partial charge in [-0.25, -0.2) is 0 Å². The molecule has 0 saturated heterocycles. The normalized spacial score (nSPS) is 10.8. The van der Waals surface area contributed by atoms with Crippen molar-refractivity contribution in [3.05, 3.63) is 64.3 Å². The standard InChI is InChI=1S/C17H15BrN2/c1-11-5-3-8-15-16(9-12(2)19-17(11)15)20-14-7-4-6-13(18)10-14/h3-10H,1-2H3,(H,19,20). The monoisotopic (exact) mass is 326 g/mol. The molecule has 0 amide bonds. The summed E-state index contributed by atoms with van der Waals surface area (Å²) in [7, 11) is 0. The Labute approximate surface area is 127 Å². The maximum atomic E-state index is 4.65. The lowest BCUT2D eigenvalue weighted by Gasteiger charge is -2.12. The molecular weight excluding hydrogens is 312 g/mol. The smallest absolute Gasteiger partial charge is 0.0755 e. The van der Waals surface area contributed by atoms with Crippen molar-refractivity contribution in [1.29, 1.82) is 0 Å². The molecule has 1 N–H and O–H groups in total. The van der Waals surface area contributed by atoms with Crippen LogP contribution in [-0.2, 0) is 0 Å². The molecule has 3 heteroatoms. The summed E-state index contributed by atoms with van der Waals surface area (Å²) in [5.74, 6) is 0. The largest absolute Gasteiger partial charge is 0.355 e. The highest BCUT2D eigenvalue weighted by molar-refractivity contribution is 9.10. The van der Waals surface area contributed by atoms with Crippen LogP contribution in [0, 0.1) is 13.8 Å². The second-order valence-electron chi connectivity index (χ2n) is 4.92. The molecule has 0 aliphatic rings. The fourth-order valence-corrected chi connectivity index (χ4v) is 2.74. The van der Waals surface area contributed by atoms with Gasteiger partial charge in [0.1, 0.15) is 0 Å². The van der Waals surface area contributed by atoms with Gasteiger partial charge in [-0.3, -0.25) is 4.98 Å². The van der Waals surface area contributed by atoms with E-state index in [4.69, 9.17) is 0 Å². The number of nitrogens with zero attached hydrogens (tertiary/aromatic N) is 1. The zero-order valence-corrected chi connectivity index (χ0v) is 13.0. The molecule has 0 aliphatic heterocycles. The first-order valence-electron chi connectivity index (χ1n) is 6.53. The average Bonchev–Trinajstić information content (AvgIpc) is 2.40. The number of halogens is 1. The van der Waals surface area contributed by atoms with Crippen molar-refractivity contribution in [3.63, 3.8) is 0 Å². The summed E-state index contributed by atoms with van der Waals surface area (Å²) < 4.78 is 1.06. The third-order valence-corrected chi connectivity index (χ3v) is 3.77. The Hall–Kier alpha value is -1.87. The van der Waals surface area contributed by atoms with Crippen LogP contribution in [0.2, 0.25) is 0 Å². The van der Waals surface area contributed by atoms with E-state index in [0.29, 0.717) is 0 Å². The number of pyridine rings is 1. The van der Waals surface area contributed by atoms with Crippen molar-refractivity contribution in [2.24, 2.45) is 0 Å². The number of para-hydroxylation sites is 1. The van der Waals surface area contributed by atoms with Gasteiger partial charge in [0.15, 0.2) is 0 Å². The first kappa shape index (κ1) is 13.1. The lowest BCUT2D eigenvalue weighted by molar-refractivity contribution is 1.24. The molecular formula is C17H15BrN2. The highest BCUT2D eigenvalue weighted by Gasteiger charge is 2.06. The van der Waals surface area contributed by atoms with E-state index in [-0.39, 0.29) is 0 Å². The van der Waals surface area contributed by atoms with E-state index in [1.54, 1.807) is 0 Å². The van der Waals surface area contributed by atoms with Gasteiger partial charge < -0.3 is 5.32 Å². The maximum Gasteiger partial charge on any atom is 0.0755 e. The fourth-order valence-electron chi connectivity index (χ4n) is 2.35. The quantitative estimate of drug-likeness (QED) is 0.685. The maximum absolute atomic E-state index is 4.65. The summed E-state index contributed by atoms with van der Waals surface area (Å²) in [5, 5.41) is 4.63. The van der Waals surface area contributed by atoms with Gasteiger partial charge in [-0.15, -0.1) is 0 Å². The molecule has 0 spiro atoms. The number of anilines is 2. The predicted molar refractivity (Wildman–Crippen MR) is 88.6 cm³/mol. The van der Waals surface area contributed by atoms with E-state index < -0.39 is 0 Å². The minimum Gasteiger partial charge on any atom is -0.355 e. The van der Waals surface area contributed by atoms with Gasteiger partial charge >= 0.3 is 0 Å². The van der Waals surface area contributed by atoms with E-state index in [1.807, 2.05) is 19.1 Å². The Kier molecular flexibility index (Phi) is 3.45. The molecule has 3 rings (SSSR count). The average molecular weight is 327 g/mol. The van der Waals surface area contributed by atoms with Crippen molar-refractivity contribution in [3.8, 4) is 0 Å². The second-order valence-corrected chi connectivity index (χ2v) is 5.83. The molecule has 0 fully saturated rings. The summed E-state index contributed by atoms with van der Waals surface area (Å²) in [6.07, 6.45) is 0. The number of aromatic nitrogens is 1. The first-order valence-corrected chi connectivity index (χ1v) is 7.32. The van der Waals surface area contributed by atoms with Crippen molar-refractivity contribution in [1.82, 2.24) is 4.98 Å². The zero-order chi connectivity index (χ0) is 14.1. The molecule has 0 saturated carbocycles. The van der Waals surface area contributed by atoms with Gasteiger partial charge in [0, 0.05) is 26.9 Å². The van der Waals surface area contributed by atoms with E-state index in [1.165, 1.54) is 5.56 Å². The predicted octanol–water partition coefficient (Wildman–Crippen LogP) is 5.36. The van der Waals surface area contributed by atoms with Crippen LogP contribution in [-0.4, -0.2) is 4.98 Å². The van der Waals surface area contributed by atoms with Crippen LogP contribution < -0.4 is 5.32 Å². The van der Waals surface area contributed by atoms with Crippen LogP contribution in [0.5, 0.6) is 0 Å². The molecule has 0 atom stereocenters. The number of hydrogen-bond donors (Lipinski definition) is 1. The topological polar surface area (TPSA) is 24.9 Å². The van der Waals surface area contributed by atoms with Crippen LogP contribution in [0.4, 0.5) is 11.4 Å². The third-order valence-electron chi connectivity index (χ3n) is 3.27. The molecule has 0 radical (unpaired) electrons. The number of aryl methyl sites for hydroxylation is 2. The van der Waals surface area contributed by atoms with Gasteiger partial charge in [0.2, 0.25) is 0 Å². The molecule has 0 unspecified atom stereocenters. The van der Waals surface area contributed by atoms with Crippen LogP contribution in [0.3, 0.4) is 0 Å². The van der Waals surface area contributed by atoms with Crippen LogP contribution in [0.1, 0.15) is 11.3 Å². The Morgan fingerprint density at radius 1 is 1.00 bits per heavy atom. The number of nitrogens with one attached hydrogen (secondary N) is 1. The Morgan fingerprint density at radius 2 is 1.80 bits per heavy atom. The minimum atomic E-state index is 1.02. The summed E-state index contributed by atoms with van der Waals surface area (Å²) >= 11 is 3.50. The van der Waals surface area contributed by atoms with E-state index in [0.717, 1.165) is 32.4 Å². The van der Waals surface area contributed by atoms with Gasteiger partial charge in [-0.2, -0.15) is 0 Å². The summed E-state index contributed by atoms with van der Waals surface area (Å²) in [6, 6.07) is 16.5. The summed E-state index contributed by atoms with van der Waals surface area (Å²) in [6.45, 7) is 4.12.